The summed E-state index contributed by atoms with van der Waals surface area (Å²) < 4.78 is 58.7. The second-order valence-corrected chi connectivity index (χ2v) is 15.2. The zero-order valence-electron chi connectivity index (χ0n) is 23.7. The third-order valence-corrected chi connectivity index (χ3v) is 9.46. The number of para-hydroxylation sites is 2. The summed E-state index contributed by atoms with van der Waals surface area (Å²) in [5, 5.41) is 0. The zero-order valence-corrected chi connectivity index (χ0v) is 25.3. The Balaban J connectivity index is 1.67. The van der Waals surface area contributed by atoms with E-state index in [4.69, 9.17) is 0 Å². The molecule has 0 aliphatic carbocycles. The average Bonchev–Trinajstić information content (AvgIpc) is 2.88. The van der Waals surface area contributed by atoms with Crippen LogP contribution >= 0.6 is 0 Å². The standard InChI is InChI=1S/C32H36N2O4S2/c1-31(2,3)23-15-19-25(20-16-23)39(35,36)33-29-13-9-7-11-27(29)28-12-8-10-14-30(28)34-40(37,38)26-21-17-24(18-22-26)32(4,5)6/h7-22,33-34H,1-6H3. The van der Waals surface area contributed by atoms with Gasteiger partial charge in [0.2, 0.25) is 0 Å². The molecule has 6 nitrogen and oxygen atoms in total. The topological polar surface area (TPSA) is 92.3 Å². The Morgan fingerprint density at radius 3 is 1.05 bits per heavy atom. The minimum atomic E-state index is -3.90. The molecule has 0 aliphatic rings. The lowest BCUT2D eigenvalue weighted by Gasteiger charge is -2.20. The number of benzene rings is 4. The Labute approximate surface area is 238 Å². The van der Waals surface area contributed by atoms with Crippen molar-refractivity contribution in [3.63, 3.8) is 0 Å². The Hall–Kier alpha value is -3.62. The third kappa shape index (κ3) is 6.57. The number of hydrogen-bond donors (Lipinski definition) is 2. The van der Waals surface area contributed by atoms with Gasteiger partial charge in [0.1, 0.15) is 0 Å². The van der Waals surface area contributed by atoms with Gasteiger partial charge in [-0.15, -0.1) is 0 Å². The molecule has 0 unspecified atom stereocenters. The highest BCUT2D eigenvalue weighted by Crippen LogP contribution is 2.36. The molecule has 2 N–H and O–H groups in total. The van der Waals surface area contributed by atoms with Gasteiger partial charge < -0.3 is 0 Å². The molecule has 40 heavy (non-hydrogen) atoms. The Bertz CT molecular complexity index is 1580. The number of hydrogen-bond acceptors (Lipinski definition) is 4. The molecule has 0 radical (unpaired) electrons. The van der Waals surface area contributed by atoms with Crippen molar-refractivity contribution < 1.29 is 16.8 Å². The SMILES string of the molecule is CC(C)(C)c1ccc(S(=O)(=O)Nc2ccccc2-c2ccccc2NS(=O)(=O)c2ccc(C(C)(C)C)cc2)cc1. The molecule has 0 atom stereocenters. The monoisotopic (exact) mass is 576 g/mol. The lowest BCUT2D eigenvalue weighted by Crippen LogP contribution is -2.16. The average molecular weight is 577 g/mol. The van der Waals surface area contributed by atoms with Gasteiger partial charge in [-0.2, -0.15) is 0 Å². The van der Waals surface area contributed by atoms with Gasteiger partial charge in [-0.25, -0.2) is 16.8 Å². The van der Waals surface area contributed by atoms with Crippen molar-refractivity contribution in [2.24, 2.45) is 0 Å². The maximum atomic E-state index is 13.3. The van der Waals surface area contributed by atoms with Gasteiger partial charge in [-0.3, -0.25) is 9.44 Å². The van der Waals surface area contributed by atoms with Crippen LogP contribution in [0, 0.1) is 0 Å². The van der Waals surface area contributed by atoms with Crippen LogP contribution in [0.5, 0.6) is 0 Å². The van der Waals surface area contributed by atoms with Gasteiger partial charge in [0.25, 0.3) is 20.0 Å². The van der Waals surface area contributed by atoms with Gasteiger partial charge in [-0.1, -0.05) is 102 Å². The smallest absolute Gasteiger partial charge is 0.261 e. The van der Waals surface area contributed by atoms with Gasteiger partial charge in [-0.05, 0) is 58.4 Å². The molecule has 0 amide bonds. The van der Waals surface area contributed by atoms with E-state index < -0.39 is 20.0 Å². The highest BCUT2D eigenvalue weighted by atomic mass is 32.2. The number of anilines is 2. The molecule has 4 aromatic rings. The van der Waals surface area contributed by atoms with Crippen molar-refractivity contribution in [2.45, 2.75) is 62.2 Å². The fourth-order valence-corrected chi connectivity index (χ4v) is 6.45. The lowest BCUT2D eigenvalue weighted by atomic mass is 9.87. The second-order valence-electron chi connectivity index (χ2n) is 11.9. The molecule has 4 rings (SSSR count). The fourth-order valence-electron chi connectivity index (χ4n) is 4.29. The van der Waals surface area contributed by atoms with Crippen molar-refractivity contribution >= 4 is 31.4 Å². The Kier molecular flexibility index (Phi) is 7.89. The van der Waals surface area contributed by atoms with Gasteiger partial charge in [0.05, 0.1) is 21.2 Å². The van der Waals surface area contributed by atoms with Crippen LogP contribution in [0.1, 0.15) is 52.7 Å². The van der Waals surface area contributed by atoms with E-state index in [1.807, 2.05) is 24.3 Å². The summed E-state index contributed by atoms with van der Waals surface area (Å²) in [7, 11) is -7.80. The van der Waals surface area contributed by atoms with Crippen LogP contribution in [-0.2, 0) is 30.9 Å². The molecular weight excluding hydrogens is 540 g/mol. The van der Waals surface area contributed by atoms with Crippen molar-refractivity contribution in [1.29, 1.82) is 0 Å². The summed E-state index contributed by atoms with van der Waals surface area (Å²) >= 11 is 0. The normalized spacial score (nSPS) is 12.7. The Morgan fingerprint density at radius 2 is 0.750 bits per heavy atom. The van der Waals surface area contributed by atoms with Gasteiger partial charge in [0.15, 0.2) is 0 Å². The summed E-state index contributed by atoms with van der Waals surface area (Å²) in [6.07, 6.45) is 0. The van der Waals surface area contributed by atoms with Crippen molar-refractivity contribution in [3.8, 4) is 11.1 Å². The molecular formula is C32H36N2O4S2. The van der Waals surface area contributed by atoms with Gasteiger partial charge >= 0.3 is 0 Å². The van der Waals surface area contributed by atoms with Crippen LogP contribution in [0.4, 0.5) is 11.4 Å². The molecule has 0 fully saturated rings. The summed E-state index contributed by atoms with van der Waals surface area (Å²) in [4.78, 5) is 0.283. The van der Waals surface area contributed by atoms with Crippen LogP contribution in [0.2, 0.25) is 0 Å². The summed E-state index contributed by atoms with van der Waals surface area (Å²) in [5.74, 6) is 0. The van der Waals surface area contributed by atoms with Crippen molar-refractivity contribution in [2.75, 3.05) is 9.44 Å². The highest BCUT2D eigenvalue weighted by Gasteiger charge is 2.22. The number of nitrogens with one attached hydrogen (secondary N) is 2. The van der Waals surface area contributed by atoms with Crippen molar-refractivity contribution in [3.05, 3.63) is 108 Å². The molecule has 210 valence electrons. The third-order valence-electron chi connectivity index (χ3n) is 6.69. The molecule has 8 heteroatoms. The highest BCUT2D eigenvalue weighted by molar-refractivity contribution is 7.93. The predicted molar refractivity (Wildman–Crippen MR) is 164 cm³/mol. The van der Waals surface area contributed by atoms with Crippen LogP contribution < -0.4 is 9.44 Å². The zero-order chi connectivity index (χ0) is 29.3. The van der Waals surface area contributed by atoms with Crippen LogP contribution in [0.25, 0.3) is 11.1 Å². The fraction of sp³-hybridized carbons (Fsp3) is 0.250. The molecule has 0 saturated carbocycles. The maximum absolute atomic E-state index is 13.3. The molecule has 0 bridgehead atoms. The Morgan fingerprint density at radius 1 is 0.450 bits per heavy atom. The summed E-state index contributed by atoms with van der Waals surface area (Å²) in [5.41, 5.74) is 3.61. The minimum absolute atomic E-state index is 0.103. The molecule has 0 aliphatic heterocycles. The molecule has 0 spiro atoms. The summed E-state index contributed by atoms with van der Waals surface area (Å²) in [6.45, 7) is 12.4. The van der Waals surface area contributed by atoms with Crippen LogP contribution in [0.3, 0.4) is 0 Å². The van der Waals surface area contributed by atoms with Crippen LogP contribution in [-0.4, -0.2) is 16.8 Å². The first-order valence-electron chi connectivity index (χ1n) is 13.0. The first kappa shape index (κ1) is 29.4. The molecule has 0 saturated heterocycles. The van der Waals surface area contributed by atoms with E-state index in [1.165, 1.54) is 0 Å². The van der Waals surface area contributed by atoms with E-state index >= 15 is 0 Å². The maximum Gasteiger partial charge on any atom is 0.261 e. The number of rotatable bonds is 7. The van der Waals surface area contributed by atoms with E-state index in [0.29, 0.717) is 22.5 Å². The first-order chi connectivity index (χ1) is 18.6. The largest absolute Gasteiger partial charge is 0.279 e. The lowest BCUT2D eigenvalue weighted by molar-refractivity contribution is 0.587. The van der Waals surface area contributed by atoms with Crippen LogP contribution in [0.15, 0.2) is 107 Å². The van der Waals surface area contributed by atoms with E-state index in [-0.39, 0.29) is 20.6 Å². The first-order valence-corrected chi connectivity index (χ1v) is 16.0. The number of sulfonamides is 2. The van der Waals surface area contributed by atoms with E-state index in [2.05, 4.69) is 51.0 Å². The van der Waals surface area contributed by atoms with E-state index in [0.717, 1.165) is 11.1 Å². The molecule has 0 heterocycles. The van der Waals surface area contributed by atoms with E-state index in [1.54, 1.807) is 72.8 Å². The van der Waals surface area contributed by atoms with E-state index in [9.17, 15) is 16.8 Å². The molecule has 0 aromatic heterocycles. The quantitative estimate of drug-likeness (QED) is 0.238. The molecule has 4 aromatic carbocycles. The predicted octanol–water partition coefficient (Wildman–Crippen LogP) is 7.55. The van der Waals surface area contributed by atoms with Crippen molar-refractivity contribution in [1.82, 2.24) is 0 Å². The summed E-state index contributed by atoms with van der Waals surface area (Å²) in [6, 6.07) is 27.5. The second kappa shape index (κ2) is 10.7. The van der Waals surface area contributed by atoms with Gasteiger partial charge in [0, 0.05) is 11.1 Å². The minimum Gasteiger partial charge on any atom is -0.279 e.